The molecule has 6 rings (SSSR count). The first-order valence-electron chi connectivity index (χ1n) is 10.3. The first-order valence-corrected chi connectivity index (χ1v) is 11.3. The van der Waals surface area contributed by atoms with Gasteiger partial charge in [0.25, 0.3) is 0 Å². The van der Waals surface area contributed by atoms with Crippen LogP contribution in [0.5, 0.6) is 11.5 Å². The SMILES string of the molecule is NC1=N[C@@]2(CS1)c1cc(-c3cccnc3F)ccc1Oc1cnc(C3=CCCOC3)cc12. The quantitative estimate of drug-likeness (QED) is 0.584. The number of rotatable bonds is 2. The van der Waals surface area contributed by atoms with E-state index >= 15 is 0 Å². The Morgan fingerprint density at radius 3 is 2.78 bits per heavy atom. The number of hydrogen-bond donors (Lipinski definition) is 1. The molecule has 1 aromatic carbocycles. The van der Waals surface area contributed by atoms with E-state index < -0.39 is 11.5 Å². The molecule has 0 saturated heterocycles. The van der Waals surface area contributed by atoms with E-state index in [0.717, 1.165) is 35.4 Å². The highest BCUT2D eigenvalue weighted by Gasteiger charge is 2.46. The highest BCUT2D eigenvalue weighted by atomic mass is 32.2. The van der Waals surface area contributed by atoms with Crippen molar-refractivity contribution in [1.82, 2.24) is 9.97 Å². The minimum Gasteiger partial charge on any atom is -0.455 e. The van der Waals surface area contributed by atoms with Crippen LogP contribution in [0.4, 0.5) is 4.39 Å². The fraction of sp³-hybridized carbons (Fsp3) is 0.208. The van der Waals surface area contributed by atoms with Crippen molar-refractivity contribution < 1.29 is 13.9 Å². The second-order valence-corrected chi connectivity index (χ2v) is 8.89. The monoisotopic (exact) mass is 446 g/mol. The highest BCUT2D eigenvalue weighted by Crippen LogP contribution is 2.53. The van der Waals surface area contributed by atoms with Gasteiger partial charge in [0.2, 0.25) is 5.95 Å². The Balaban J connectivity index is 1.54. The molecule has 0 amide bonds. The summed E-state index contributed by atoms with van der Waals surface area (Å²) in [5.41, 5.74) is 10.2. The van der Waals surface area contributed by atoms with Crippen LogP contribution in [0.3, 0.4) is 0 Å². The lowest BCUT2D eigenvalue weighted by molar-refractivity contribution is 0.164. The number of halogens is 1. The van der Waals surface area contributed by atoms with Crippen LogP contribution in [0.25, 0.3) is 16.7 Å². The van der Waals surface area contributed by atoms with E-state index in [-0.39, 0.29) is 0 Å². The predicted molar refractivity (Wildman–Crippen MR) is 122 cm³/mol. The average Bonchev–Trinajstić information content (AvgIpc) is 3.22. The Labute approximate surface area is 188 Å². The molecule has 3 aliphatic heterocycles. The van der Waals surface area contributed by atoms with Gasteiger partial charge in [-0.2, -0.15) is 4.39 Å². The van der Waals surface area contributed by atoms with Gasteiger partial charge in [-0.1, -0.05) is 23.9 Å². The number of fused-ring (bicyclic) bond motifs is 4. The third kappa shape index (κ3) is 3.02. The number of nitrogens with zero attached hydrogens (tertiary/aromatic N) is 3. The summed E-state index contributed by atoms with van der Waals surface area (Å²) in [5.74, 6) is 1.43. The molecule has 3 aliphatic rings. The molecule has 6 nitrogen and oxygen atoms in total. The summed E-state index contributed by atoms with van der Waals surface area (Å²) < 4.78 is 26.3. The number of amidine groups is 1. The fourth-order valence-electron chi connectivity index (χ4n) is 4.44. The number of aromatic nitrogens is 2. The van der Waals surface area contributed by atoms with Crippen LogP contribution in [0.1, 0.15) is 23.2 Å². The molecule has 0 aliphatic carbocycles. The summed E-state index contributed by atoms with van der Waals surface area (Å²) in [7, 11) is 0. The van der Waals surface area contributed by atoms with E-state index in [9.17, 15) is 4.39 Å². The van der Waals surface area contributed by atoms with Crippen molar-refractivity contribution in [2.75, 3.05) is 19.0 Å². The molecule has 0 radical (unpaired) electrons. The standard InChI is InChI=1S/C24H19FN4O2S/c25-22-16(4-1-7-27-22)14-5-6-20-17(9-14)24(13-32-23(26)29-24)18-10-19(28-11-21(18)31-20)15-3-2-8-30-12-15/h1,3-7,9-11H,2,8,12-13H2,(H2,26,29)/t24-/m0/s1. The maximum absolute atomic E-state index is 14.4. The van der Waals surface area contributed by atoms with Crippen molar-refractivity contribution in [3.05, 3.63) is 77.6 Å². The van der Waals surface area contributed by atoms with E-state index in [1.54, 1.807) is 18.3 Å². The third-order valence-electron chi connectivity index (χ3n) is 6.00. The van der Waals surface area contributed by atoms with Crippen molar-refractivity contribution in [2.24, 2.45) is 10.7 Å². The fourth-order valence-corrected chi connectivity index (χ4v) is 5.39. The highest BCUT2D eigenvalue weighted by molar-refractivity contribution is 8.14. The average molecular weight is 447 g/mol. The third-order valence-corrected chi connectivity index (χ3v) is 6.95. The van der Waals surface area contributed by atoms with Crippen molar-refractivity contribution in [2.45, 2.75) is 12.0 Å². The van der Waals surface area contributed by atoms with E-state index in [2.05, 4.69) is 16.0 Å². The van der Waals surface area contributed by atoms with Crippen molar-refractivity contribution in [3.63, 3.8) is 0 Å². The summed E-state index contributed by atoms with van der Waals surface area (Å²) in [4.78, 5) is 13.3. The van der Waals surface area contributed by atoms with Gasteiger partial charge in [-0.25, -0.2) is 9.98 Å². The van der Waals surface area contributed by atoms with E-state index in [4.69, 9.17) is 20.2 Å². The van der Waals surface area contributed by atoms with Gasteiger partial charge in [0.1, 0.15) is 11.3 Å². The predicted octanol–water partition coefficient (Wildman–Crippen LogP) is 4.50. The molecule has 0 saturated carbocycles. The molecule has 32 heavy (non-hydrogen) atoms. The largest absolute Gasteiger partial charge is 0.455 e. The van der Waals surface area contributed by atoms with Gasteiger partial charge >= 0.3 is 0 Å². The topological polar surface area (TPSA) is 82.6 Å². The molecule has 1 atom stereocenters. The van der Waals surface area contributed by atoms with E-state index in [1.807, 2.05) is 24.3 Å². The zero-order valence-electron chi connectivity index (χ0n) is 17.0. The zero-order valence-corrected chi connectivity index (χ0v) is 17.9. The van der Waals surface area contributed by atoms with Crippen LogP contribution in [-0.2, 0) is 10.3 Å². The smallest absolute Gasteiger partial charge is 0.220 e. The molecule has 0 bridgehead atoms. The second-order valence-electron chi connectivity index (χ2n) is 7.89. The van der Waals surface area contributed by atoms with Gasteiger partial charge in [-0.05, 0) is 47.9 Å². The van der Waals surface area contributed by atoms with Gasteiger partial charge in [0.15, 0.2) is 10.9 Å². The molecule has 8 heteroatoms. The van der Waals surface area contributed by atoms with Crippen LogP contribution < -0.4 is 10.5 Å². The first kappa shape index (κ1) is 19.5. The summed E-state index contributed by atoms with van der Waals surface area (Å²) >= 11 is 1.50. The van der Waals surface area contributed by atoms with Crippen molar-refractivity contribution >= 4 is 22.5 Å². The number of aliphatic imine (C=N–C) groups is 1. The number of benzene rings is 1. The van der Waals surface area contributed by atoms with Crippen LogP contribution in [0, 0.1) is 5.95 Å². The van der Waals surface area contributed by atoms with Crippen molar-refractivity contribution in [1.29, 1.82) is 0 Å². The molecule has 2 N–H and O–H groups in total. The molecule has 0 unspecified atom stereocenters. The molecular weight excluding hydrogens is 427 g/mol. The molecule has 0 fully saturated rings. The van der Waals surface area contributed by atoms with Gasteiger partial charge in [0.05, 0.1) is 25.1 Å². The Morgan fingerprint density at radius 2 is 2.00 bits per heavy atom. The van der Waals surface area contributed by atoms with Gasteiger partial charge in [-0.15, -0.1) is 0 Å². The minimum absolute atomic E-state index is 0.429. The Bertz CT molecular complexity index is 1310. The second kappa shape index (κ2) is 7.43. The molecule has 1 spiro atoms. The van der Waals surface area contributed by atoms with Crippen LogP contribution >= 0.6 is 11.8 Å². The number of pyridine rings is 2. The van der Waals surface area contributed by atoms with Gasteiger partial charge < -0.3 is 15.2 Å². The Morgan fingerprint density at radius 1 is 1.09 bits per heavy atom. The lowest BCUT2D eigenvalue weighted by atomic mass is 9.81. The summed E-state index contributed by atoms with van der Waals surface area (Å²) in [5, 5.41) is 0.514. The van der Waals surface area contributed by atoms with Gasteiger partial charge in [0, 0.05) is 28.6 Å². The molecule has 3 aromatic rings. The van der Waals surface area contributed by atoms with Crippen molar-refractivity contribution in [3.8, 4) is 22.6 Å². The molecule has 2 aromatic heterocycles. The van der Waals surface area contributed by atoms with E-state index in [0.29, 0.717) is 40.2 Å². The molecular formula is C24H19FN4O2S. The number of nitrogens with two attached hydrogens (primary N) is 1. The number of thioether (sulfide) groups is 1. The maximum atomic E-state index is 14.4. The Hall–Kier alpha value is -3.23. The summed E-state index contributed by atoms with van der Waals surface area (Å²) in [6, 6.07) is 11.1. The van der Waals surface area contributed by atoms with Crippen LogP contribution in [0.2, 0.25) is 0 Å². The zero-order chi connectivity index (χ0) is 21.7. The summed E-state index contributed by atoms with van der Waals surface area (Å²) in [6.45, 7) is 1.25. The van der Waals surface area contributed by atoms with Crippen LogP contribution in [-0.4, -0.2) is 34.1 Å². The lowest BCUT2D eigenvalue weighted by Gasteiger charge is -2.35. The summed E-state index contributed by atoms with van der Waals surface area (Å²) in [6.07, 6.45) is 6.20. The number of ether oxygens (including phenoxy) is 2. The minimum atomic E-state index is -0.736. The lowest BCUT2D eigenvalue weighted by Crippen LogP contribution is -2.30. The number of hydrogen-bond acceptors (Lipinski definition) is 7. The van der Waals surface area contributed by atoms with Gasteiger partial charge in [-0.3, -0.25) is 4.98 Å². The molecule has 5 heterocycles. The van der Waals surface area contributed by atoms with E-state index in [1.165, 1.54) is 18.0 Å². The molecule has 160 valence electrons. The normalized spacial score (nSPS) is 21.4. The van der Waals surface area contributed by atoms with Crippen LogP contribution in [0.15, 0.2) is 59.9 Å². The Kier molecular flexibility index (Phi) is 4.51. The maximum Gasteiger partial charge on any atom is 0.220 e. The first-order chi connectivity index (χ1) is 15.6.